The van der Waals surface area contributed by atoms with E-state index in [-0.39, 0.29) is 6.61 Å². The second-order valence-electron chi connectivity index (χ2n) is 1.94. The molecule has 3 heteroatoms. The molecular weight excluding hydrogens is 144 g/mol. The first kappa shape index (κ1) is 9.46. The standard InChI is InChI=1S/C5H6O2.C2H8Si/c6-4-5-2-1-3-7-5;1-3-2/h1-3,6H,4H2;3H2,1-2H3. The van der Waals surface area contributed by atoms with E-state index in [1.165, 1.54) is 6.26 Å². The second kappa shape index (κ2) is 6.58. The molecule has 0 aliphatic carbocycles. The van der Waals surface area contributed by atoms with E-state index >= 15 is 0 Å². The fourth-order valence-electron chi connectivity index (χ4n) is 0.403. The summed E-state index contributed by atoms with van der Waals surface area (Å²) < 4.78 is 4.73. The van der Waals surface area contributed by atoms with Crippen LogP contribution in [-0.4, -0.2) is 14.6 Å². The highest BCUT2D eigenvalue weighted by Gasteiger charge is 1.85. The van der Waals surface area contributed by atoms with Crippen molar-refractivity contribution in [2.75, 3.05) is 0 Å². The lowest BCUT2D eigenvalue weighted by molar-refractivity contribution is 0.247. The predicted molar refractivity (Wildman–Crippen MR) is 44.9 cm³/mol. The van der Waals surface area contributed by atoms with Crippen LogP contribution in [-0.2, 0) is 6.61 Å². The van der Waals surface area contributed by atoms with Crippen molar-refractivity contribution in [1.82, 2.24) is 0 Å². The Morgan fingerprint density at radius 1 is 1.60 bits per heavy atom. The Balaban J connectivity index is 0.000000236. The van der Waals surface area contributed by atoms with Crippen LogP contribution in [0.15, 0.2) is 22.8 Å². The van der Waals surface area contributed by atoms with E-state index in [0.29, 0.717) is 15.3 Å². The van der Waals surface area contributed by atoms with Crippen LogP contribution >= 0.6 is 0 Å². The smallest absolute Gasteiger partial charge is 0.129 e. The number of hydrogen-bond donors (Lipinski definition) is 1. The molecular formula is C7H14O2Si. The van der Waals surface area contributed by atoms with Crippen molar-refractivity contribution in [3.05, 3.63) is 24.2 Å². The van der Waals surface area contributed by atoms with Crippen molar-refractivity contribution in [2.45, 2.75) is 19.7 Å². The normalized spacial score (nSPS) is 8.30. The van der Waals surface area contributed by atoms with Crippen molar-refractivity contribution in [2.24, 2.45) is 0 Å². The molecule has 0 saturated carbocycles. The summed E-state index contributed by atoms with van der Waals surface area (Å²) >= 11 is 0. The SMILES string of the molecule is C[SiH2]C.OCc1ccco1. The largest absolute Gasteiger partial charge is 0.467 e. The van der Waals surface area contributed by atoms with Crippen molar-refractivity contribution in [3.8, 4) is 0 Å². The van der Waals surface area contributed by atoms with E-state index in [4.69, 9.17) is 9.52 Å². The van der Waals surface area contributed by atoms with Gasteiger partial charge in [-0.3, -0.25) is 0 Å². The Morgan fingerprint density at radius 3 is 2.40 bits per heavy atom. The molecule has 0 saturated heterocycles. The molecule has 0 fully saturated rings. The van der Waals surface area contributed by atoms with Crippen LogP contribution in [0.3, 0.4) is 0 Å². The van der Waals surface area contributed by atoms with Gasteiger partial charge in [0.2, 0.25) is 0 Å². The van der Waals surface area contributed by atoms with Gasteiger partial charge in [0.1, 0.15) is 12.4 Å². The molecule has 0 atom stereocenters. The molecule has 1 N–H and O–H groups in total. The number of hydrogen-bond acceptors (Lipinski definition) is 2. The summed E-state index contributed by atoms with van der Waals surface area (Å²) in [4.78, 5) is 0. The van der Waals surface area contributed by atoms with Crippen LogP contribution in [0.4, 0.5) is 0 Å². The molecule has 0 aromatic carbocycles. The lowest BCUT2D eigenvalue weighted by atomic mass is 10.5. The lowest BCUT2D eigenvalue weighted by Gasteiger charge is -1.79. The molecule has 0 amide bonds. The maximum Gasteiger partial charge on any atom is 0.129 e. The maximum absolute atomic E-state index is 8.33. The minimum atomic E-state index is -0.00694. The summed E-state index contributed by atoms with van der Waals surface area (Å²) in [6.45, 7) is 4.52. The first-order valence-electron chi connectivity index (χ1n) is 3.48. The molecule has 0 aliphatic heterocycles. The van der Waals surface area contributed by atoms with Gasteiger partial charge < -0.3 is 9.52 Å². The Kier molecular flexibility index (Phi) is 6.22. The molecule has 0 aliphatic rings. The zero-order valence-electron chi connectivity index (χ0n) is 6.50. The molecule has 0 spiro atoms. The first-order valence-corrected chi connectivity index (χ1v) is 6.31. The Bertz CT molecular complexity index is 137. The van der Waals surface area contributed by atoms with Crippen molar-refractivity contribution < 1.29 is 9.52 Å². The van der Waals surface area contributed by atoms with E-state index in [1.54, 1.807) is 12.1 Å². The summed E-state index contributed by atoms with van der Waals surface area (Å²) in [5.74, 6) is 0.611. The van der Waals surface area contributed by atoms with Gasteiger partial charge in [-0.25, -0.2) is 0 Å². The van der Waals surface area contributed by atoms with Gasteiger partial charge in [0, 0.05) is 9.52 Å². The third-order valence-corrected chi connectivity index (χ3v) is 0.736. The molecule has 58 valence electrons. The predicted octanol–water partition coefficient (Wildman–Crippen LogP) is 1.02. The zero-order chi connectivity index (χ0) is 7.82. The quantitative estimate of drug-likeness (QED) is 0.619. The van der Waals surface area contributed by atoms with Crippen LogP contribution in [0.1, 0.15) is 5.76 Å². The van der Waals surface area contributed by atoms with Crippen LogP contribution in [0.5, 0.6) is 0 Å². The summed E-state index contributed by atoms with van der Waals surface area (Å²) in [5.41, 5.74) is 0. The molecule has 1 heterocycles. The number of aliphatic hydroxyl groups excluding tert-OH is 1. The molecule has 2 nitrogen and oxygen atoms in total. The van der Waals surface area contributed by atoms with Gasteiger partial charge in [-0.15, -0.1) is 0 Å². The molecule has 1 rings (SSSR count). The Labute approximate surface area is 63.7 Å². The van der Waals surface area contributed by atoms with E-state index < -0.39 is 0 Å². The fourth-order valence-corrected chi connectivity index (χ4v) is 0.403. The van der Waals surface area contributed by atoms with Crippen molar-refractivity contribution in [3.63, 3.8) is 0 Å². The molecule has 1 aromatic rings. The second-order valence-corrected chi connectivity index (χ2v) is 3.36. The fraction of sp³-hybridized carbons (Fsp3) is 0.429. The molecule has 0 bridgehead atoms. The molecule has 10 heavy (non-hydrogen) atoms. The third-order valence-electron chi connectivity index (χ3n) is 0.736. The van der Waals surface area contributed by atoms with Crippen molar-refractivity contribution in [1.29, 1.82) is 0 Å². The van der Waals surface area contributed by atoms with Gasteiger partial charge in [0.25, 0.3) is 0 Å². The van der Waals surface area contributed by atoms with Crippen molar-refractivity contribution >= 4 is 9.52 Å². The van der Waals surface area contributed by atoms with Crippen LogP contribution < -0.4 is 0 Å². The minimum absolute atomic E-state index is 0.00694. The topological polar surface area (TPSA) is 33.4 Å². The monoisotopic (exact) mass is 158 g/mol. The van der Waals surface area contributed by atoms with Gasteiger partial charge in [0.15, 0.2) is 0 Å². The van der Waals surface area contributed by atoms with Gasteiger partial charge >= 0.3 is 0 Å². The minimum Gasteiger partial charge on any atom is -0.467 e. The van der Waals surface area contributed by atoms with Gasteiger partial charge in [-0.05, 0) is 12.1 Å². The third kappa shape index (κ3) is 4.35. The first-order chi connectivity index (χ1) is 4.85. The number of aliphatic hydroxyl groups is 1. The van der Waals surface area contributed by atoms with E-state index in [2.05, 4.69) is 13.1 Å². The molecule has 1 aromatic heterocycles. The average Bonchev–Trinajstić information content (AvgIpc) is 2.39. The van der Waals surface area contributed by atoms with E-state index in [9.17, 15) is 0 Å². The van der Waals surface area contributed by atoms with Gasteiger partial charge in [-0.2, -0.15) is 0 Å². The summed E-state index contributed by atoms with van der Waals surface area (Å²) in [6, 6.07) is 3.46. The van der Waals surface area contributed by atoms with E-state index in [1.807, 2.05) is 0 Å². The Morgan fingerprint density at radius 2 is 2.20 bits per heavy atom. The highest BCUT2D eigenvalue weighted by atomic mass is 28.2. The Hall–Kier alpha value is -0.543. The van der Waals surface area contributed by atoms with Gasteiger partial charge in [-0.1, -0.05) is 13.1 Å². The average molecular weight is 158 g/mol. The lowest BCUT2D eigenvalue weighted by Crippen LogP contribution is -1.72. The van der Waals surface area contributed by atoms with Gasteiger partial charge in [0.05, 0.1) is 6.26 Å². The number of furan rings is 1. The maximum atomic E-state index is 8.33. The highest BCUT2D eigenvalue weighted by Crippen LogP contribution is 1.96. The van der Waals surface area contributed by atoms with Crippen LogP contribution in [0.2, 0.25) is 13.1 Å². The van der Waals surface area contributed by atoms with Crippen LogP contribution in [0.25, 0.3) is 0 Å². The van der Waals surface area contributed by atoms with E-state index in [0.717, 1.165) is 0 Å². The summed E-state index contributed by atoms with van der Waals surface area (Å²) in [5, 5.41) is 8.33. The number of rotatable bonds is 1. The summed E-state index contributed by atoms with van der Waals surface area (Å²) in [7, 11) is 0.417. The highest BCUT2D eigenvalue weighted by molar-refractivity contribution is 6.31. The molecule has 0 unspecified atom stereocenters. The zero-order valence-corrected chi connectivity index (χ0v) is 7.92. The summed E-state index contributed by atoms with van der Waals surface area (Å²) in [6.07, 6.45) is 1.53. The van der Waals surface area contributed by atoms with Crippen LogP contribution in [0, 0.1) is 0 Å². The molecule has 0 radical (unpaired) electrons.